The second kappa shape index (κ2) is 6.05. The Balaban J connectivity index is 1.34. The van der Waals surface area contributed by atoms with E-state index in [4.69, 9.17) is 0 Å². The maximum Gasteiger partial charge on any atom is 0.225 e. The fourth-order valence-corrected chi connectivity index (χ4v) is 3.81. The van der Waals surface area contributed by atoms with Gasteiger partial charge in [-0.25, -0.2) is 9.50 Å². The van der Waals surface area contributed by atoms with Crippen LogP contribution in [0.4, 0.5) is 5.82 Å². The molecule has 3 heterocycles. The predicted molar refractivity (Wildman–Crippen MR) is 89.6 cm³/mol. The van der Waals surface area contributed by atoms with Gasteiger partial charge >= 0.3 is 0 Å². The number of amides is 1. The van der Waals surface area contributed by atoms with Crippen LogP contribution in [0, 0.1) is 0 Å². The van der Waals surface area contributed by atoms with Crippen LogP contribution in [-0.2, 0) is 4.79 Å². The molecule has 1 aliphatic carbocycles. The highest BCUT2D eigenvalue weighted by Gasteiger charge is 2.36. The first-order chi connectivity index (χ1) is 11.6. The highest BCUT2D eigenvalue weighted by atomic mass is 16.3. The minimum atomic E-state index is -0.767. The summed E-state index contributed by atoms with van der Waals surface area (Å²) in [4.78, 5) is 18.5. The van der Waals surface area contributed by atoms with Gasteiger partial charge in [0, 0.05) is 31.5 Å². The Morgan fingerprint density at radius 1 is 1.38 bits per heavy atom. The molecule has 1 amide bonds. The molecule has 1 saturated heterocycles. The topological polar surface area (TPSA) is 82.8 Å². The zero-order valence-electron chi connectivity index (χ0n) is 13.7. The molecule has 2 N–H and O–H groups in total. The Kier molecular flexibility index (Phi) is 3.88. The van der Waals surface area contributed by atoms with E-state index in [9.17, 15) is 9.90 Å². The summed E-state index contributed by atoms with van der Waals surface area (Å²) in [5.74, 6) is 0.857. The Labute approximate surface area is 140 Å². The lowest BCUT2D eigenvalue weighted by Crippen LogP contribution is -2.38. The van der Waals surface area contributed by atoms with Crippen molar-refractivity contribution in [3.63, 3.8) is 0 Å². The van der Waals surface area contributed by atoms with Gasteiger partial charge in [-0.3, -0.25) is 4.79 Å². The molecule has 0 radical (unpaired) electrons. The second-order valence-electron chi connectivity index (χ2n) is 7.03. The summed E-state index contributed by atoms with van der Waals surface area (Å²) in [6.07, 6.45) is 8.24. The third-order valence-electron chi connectivity index (χ3n) is 5.16. The molecule has 0 aromatic carbocycles. The van der Waals surface area contributed by atoms with Crippen molar-refractivity contribution < 1.29 is 9.90 Å². The average Bonchev–Trinajstić information content (AvgIpc) is 3.27. The molecule has 4 rings (SSSR count). The van der Waals surface area contributed by atoms with Crippen molar-refractivity contribution in [1.29, 1.82) is 0 Å². The smallest absolute Gasteiger partial charge is 0.225 e. The molecule has 2 aromatic rings. The van der Waals surface area contributed by atoms with Gasteiger partial charge in [-0.15, -0.1) is 5.10 Å². The van der Waals surface area contributed by atoms with Gasteiger partial charge in [0.2, 0.25) is 5.91 Å². The molecule has 1 aliphatic heterocycles. The SMILES string of the molecule is O=C(CC1(O)CCCC1)N1CCC(Nc2ccc3nccn3n2)C1. The molecule has 1 unspecified atom stereocenters. The lowest BCUT2D eigenvalue weighted by molar-refractivity contribution is -0.135. The van der Waals surface area contributed by atoms with E-state index < -0.39 is 5.60 Å². The van der Waals surface area contributed by atoms with E-state index in [1.165, 1.54) is 0 Å². The van der Waals surface area contributed by atoms with Crippen molar-refractivity contribution in [2.75, 3.05) is 18.4 Å². The van der Waals surface area contributed by atoms with E-state index in [1.54, 1.807) is 10.7 Å². The van der Waals surface area contributed by atoms with Crippen LogP contribution in [0.2, 0.25) is 0 Å². The predicted octanol–water partition coefficient (Wildman–Crippen LogP) is 1.44. The first-order valence-corrected chi connectivity index (χ1v) is 8.68. The van der Waals surface area contributed by atoms with Crippen LogP contribution in [0.25, 0.3) is 5.65 Å². The summed E-state index contributed by atoms with van der Waals surface area (Å²) in [5, 5.41) is 18.3. The number of fused-ring (bicyclic) bond motifs is 1. The third-order valence-corrected chi connectivity index (χ3v) is 5.16. The summed E-state index contributed by atoms with van der Waals surface area (Å²) in [6.45, 7) is 1.40. The van der Waals surface area contributed by atoms with E-state index in [1.807, 2.05) is 23.2 Å². The van der Waals surface area contributed by atoms with Crippen molar-refractivity contribution in [3.8, 4) is 0 Å². The molecule has 2 fully saturated rings. The third kappa shape index (κ3) is 3.08. The largest absolute Gasteiger partial charge is 0.389 e. The van der Waals surface area contributed by atoms with Crippen molar-refractivity contribution in [2.45, 2.75) is 50.2 Å². The van der Waals surface area contributed by atoms with Crippen molar-refractivity contribution in [2.24, 2.45) is 0 Å². The number of likely N-dealkylation sites (tertiary alicyclic amines) is 1. The number of aromatic nitrogens is 3. The lowest BCUT2D eigenvalue weighted by atomic mass is 9.97. The van der Waals surface area contributed by atoms with Gasteiger partial charge in [0.25, 0.3) is 0 Å². The van der Waals surface area contributed by atoms with Gasteiger partial charge < -0.3 is 15.3 Å². The van der Waals surface area contributed by atoms with E-state index in [2.05, 4.69) is 15.4 Å². The minimum absolute atomic E-state index is 0.0710. The van der Waals surface area contributed by atoms with Crippen LogP contribution < -0.4 is 5.32 Å². The van der Waals surface area contributed by atoms with Crippen LogP contribution in [0.1, 0.15) is 38.5 Å². The number of carbonyl (C=O) groups is 1. The number of hydrogen-bond donors (Lipinski definition) is 2. The van der Waals surface area contributed by atoms with Gasteiger partial charge in [0.1, 0.15) is 5.82 Å². The number of imidazole rings is 1. The molecule has 0 spiro atoms. The van der Waals surface area contributed by atoms with Crippen LogP contribution in [-0.4, -0.2) is 55.2 Å². The number of nitrogens with one attached hydrogen (secondary N) is 1. The van der Waals surface area contributed by atoms with E-state index in [0.29, 0.717) is 6.54 Å². The van der Waals surface area contributed by atoms with Gasteiger partial charge in [-0.1, -0.05) is 12.8 Å². The molecular weight excluding hydrogens is 306 g/mol. The molecule has 7 nitrogen and oxygen atoms in total. The van der Waals surface area contributed by atoms with Gasteiger partial charge in [0.15, 0.2) is 5.65 Å². The maximum absolute atomic E-state index is 12.5. The standard InChI is InChI=1S/C17H23N5O2/c23-16(11-17(24)6-1-2-7-17)21-9-5-13(12-21)19-14-3-4-15-18-8-10-22(15)20-14/h3-4,8,10,13,24H,1-2,5-7,9,11-12H2,(H,19,20). The number of anilines is 1. The Bertz CT molecular complexity index is 737. The average molecular weight is 329 g/mol. The Hall–Kier alpha value is -2.15. The molecule has 1 saturated carbocycles. The molecule has 128 valence electrons. The number of hydrogen-bond acceptors (Lipinski definition) is 5. The fraction of sp³-hybridized carbons (Fsp3) is 0.588. The van der Waals surface area contributed by atoms with Gasteiger partial charge in [-0.2, -0.15) is 0 Å². The van der Waals surface area contributed by atoms with Crippen LogP contribution >= 0.6 is 0 Å². The van der Waals surface area contributed by atoms with Crippen LogP contribution in [0.15, 0.2) is 24.5 Å². The summed E-state index contributed by atoms with van der Waals surface area (Å²) in [6, 6.07) is 4.03. The summed E-state index contributed by atoms with van der Waals surface area (Å²) >= 11 is 0. The molecule has 2 aliphatic rings. The first-order valence-electron chi connectivity index (χ1n) is 8.68. The molecule has 2 aromatic heterocycles. The normalized spacial score (nSPS) is 23.0. The monoisotopic (exact) mass is 329 g/mol. The van der Waals surface area contributed by atoms with Crippen molar-refractivity contribution >= 4 is 17.4 Å². The zero-order valence-corrected chi connectivity index (χ0v) is 13.7. The first kappa shape index (κ1) is 15.4. The summed E-state index contributed by atoms with van der Waals surface area (Å²) in [7, 11) is 0. The van der Waals surface area contributed by atoms with Crippen LogP contribution in [0.5, 0.6) is 0 Å². The van der Waals surface area contributed by atoms with Gasteiger partial charge in [-0.05, 0) is 31.4 Å². The zero-order chi connectivity index (χ0) is 16.6. The fourth-order valence-electron chi connectivity index (χ4n) is 3.81. The summed E-state index contributed by atoms with van der Waals surface area (Å²) < 4.78 is 1.73. The highest BCUT2D eigenvalue weighted by Crippen LogP contribution is 2.33. The maximum atomic E-state index is 12.5. The van der Waals surface area contributed by atoms with Crippen molar-refractivity contribution in [1.82, 2.24) is 19.5 Å². The molecule has 1 atom stereocenters. The Morgan fingerprint density at radius 3 is 3.04 bits per heavy atom. The molecule has 0 bridgehead atoms. The second-order valence-corrected chi connectivity index (χ2v) is 7.03. The number of aliphatic hydroxyl groups is 1. The quantitative estimate of drug-likeness (QED) is 0.887. The lowest BCUT2D eigenvalue weighted by Gasteiger charge is -2.25. The van der Waals surface area contributed by atoms with Crippen molar-refractivity contribution in [3.05, 3.63) is 24.5 Å². The number of rotatable bonds is 4. The number of nitrogens with zero attached hydrogens (tertiary/aromatic N) is 4. The highest BCUT2D eigenvalue weighted by molar-refractivity contribution is 5.77. The van der Waals surface area contributed by atoms with Crippen LogP contribution in [0.3, 0.4) is 0 Å². The van der Waals surface area contributed by atoms with E-state index in [0.717, 1.165) is 50.1 Å². The minimum Gasteiger partial charge on any atom is -0.389 e. The number of carbonyl (C=O) groups excluding carboxylic acids is 1. The Morgan fingerprint density at radius 2 is 2.21 bits per heavy atom. The molecule has 7 heteroatoms. The molecule has 24 heavy (non-hydrogen) atoms. The summed E-state index contributed by atoms with van der Waals surface area (Å²) in [5.41, 5.74) is 0.0463. The van der Waals surface area contributed by atoms with Gasteiger partial charge in [0.05, 0.1) is 12.0 Å². The van der Waals surface area contributed by atoms with E-state index in [-0.39, 0.29) is 18.4 Å². The van der Waals surface area contributed by atoms with E-state index >= 15 is 0 Å². The molecular formula is C17H23N5O2.